The van der Waals surface area contributed by atoms with Gasteiger partial charge in [0.15, 0.2) is 0 Å². The van der Waals surface area contributed by atoms with E-state index in [-0.39, 0.29) is 0 Å². The maximum Gasteiger partial charge on any atom is 0.223 e. The smallest absolute Gasteiger partial charge is 0.223 e. The molecule has 1 atom stereocenters. The lowest BCUT2D eigenvalue weighted by atomic mass is 10.2. The molecule has 0 radical (unpaired) electrons. The lowest BCUT2D eigenvalue weighted by Gasteiger charge is -2.07. The van der Waals surface area contributed by atoms with Crippen molar-refractivity contribution < 1.29 is 0 Å². The van der Waals surface area contributed by atoms with Crippen molar-refractivity contribution in [3.05, 3.63) is 16.0 Å². The standard InChI is InChI=1S/C9H12BrClN2S/c1-3-6(2)5-14-8-7(10)4-12-9(11)13-8/h4,6H,3,5H2,1-2H3. The first-order valence-corrected chi connectivity index (χ1v) is 6.60. The van der Waals surface area contributed by atoms with Crippen molar-refractivity contribution in [3.63, 3.8) is 0 Å². The maximum atomic E-state index is 5.71. The summed E-state index contributed by atoms with van der Waals surface area (Å²) in [5, 5.41) is 1.23. The van der Waals surface area contributed by atoms with E-state index in [1.54, 1.807) is 18.0 Å². The average molecular weight is 296 g/mol. The molecule has 1 heterocycles. The van der Waals surface area contributed by atoms with Gasteiger partial charge in [-0.15, -0.1) is 11.8 Å². The van der Waals surface area contributed by atoms with Gasteiger partial charge in [0.1, 0.15) is 5.03 Å². The van der Waals surface area contributed by atoms with Crippen molar-refractivity contribution in [2.75, 3.05) is 5.75 Å². The molecular weight excluding hydrogens is 284 g/mol. The Labute approximate surface area is 102 Å². The second kappa shape index (κ2) is 5.93. The molecule has 0 aromatic carbocycles. The summed E-state index contributed by atoms with van der Waals surface area (Å²) in [6.07, 6.45) is 2.87. The maximum absolute atomic E-state index is 5.71. The summed E-state index contributed by atoms with van der Waals surface area (Å²) in [4.78, 5) is 8.03. The fourth-order valence-corrected chi connectivity index (χ4v) is 2.51. The Kier molecular flexibility index (Phi) is 5.20. The van der Waals surface area contributed by atoms with E-state index in [0.717, 1.165) is 15.3 Å². The highest BCUT2D eigenvalue weighted by molar-refractivity contribution is 9.10. The molecule has 0 aliphatic rings. The Bertz CT molecular complexity index is 309. The summed E-state index contributed by atoms with van der Waals surface area (Å²) in [6.45, 7) is 4.41. The second-order valence-corrected chi connectivity index (χ2v) is 5.32. The van der Waals surface area contributed by atoms with Gasteiger partial charge in [0, 0.05) is 11.9 Å². The summed E-state index contributed by atoms with van der Waals surface area (Å²) < 4.78 is 0.912. The molecule has 1 unspecified atom stereocenters. The van der Waals surface area contributed by atoms with Gasteiger partial charge in [0.25, 0.3) is 0 Å². The first-order chi connectivity index (χ1) is 6.63. The second-order valence-electron chi connectivity index (χ2n) is 3.12. The van der Waals surface area contributed by atoms with Gasteiger partial charge in [0.05, 0.1) is 4.47 Å². The minimum Gasteiger partial charge on any atom is -0.225 e. The molecule has 5 heteroatoms. The zero-order valence-electron chi connectivity index (χ0n) is 8.13. The van der Waals surface area contributed by atoms with Gasteiger partial charge in [-0.2, -0.15) is 0 Å². The molecule has 0 aliphatic heterocycles. The highest BCUT2D eigenvalue weighted by atomic mass is 79.9. The SMILES string of the molecule is CCC(C)CSc1nc(Cl)ncc1Br. The largest absolute Gasteiger partial charge is 0.225 e. The minimum absolute atomic E-state index is 0.305. The molecule has 0 bridgehead atoms. The van der Waals surface area contributed by atoms with E-state index in [1.807, 2.05) is 0 Å². The van der Waals surface area contributed by atoms with Crippen molar-refractivity contribution in [1.29, 1.82) is 0 Å². The van der Waals surface area contributed by atoms with Gasteiger partial charge >= 0.3 is 0 Å². The van der Waals surface area contributed by atoms with E-state index >= 15 is 0 Å². The number of aromatic nitrogens is 2. The van der Waals surface area contributed by atoms with Crippen LogP contribution in [0.3, 0.4) is 0 Å². The van der Waals surface area contributed by atoms with Crippen LogP contribution in [0.5, 0.6) is 0 Å². The molecule has 1 aromatic rings. The number of thioether (sulfide) groups is 1. The van der Waals surface area contributed by atoms with Crippen LogP contribution in [0.1, 0.15) is 20.3 Å². The molecule has 78 valence electrons. The predicted octanol–water partition coefficient (Wildman–Crippen LogP) is 4.03. The zero-order chi connectivity index (χ0) is 10.6. The van der Waals surface area contributed by atoms with E-state index in [0.29, 0.717) is 11.2 Å². The van der Waals surface area contributed by atoms with Crippen LogP contribution in [-0.2, 0) is 0 Å². The van der Waals surface area contributed by atoms with E-state index in [2.05, 4.69) is 39.7 Å². The van der Waals surface area contributed by atoms with Crippen LogP contribution in [0.4, 0.5) is 0 Å². The molecule has 2 nitrogen and oxygen atoms in total. The Hall–Kier alpha value is 0.200. The first kappa shape index (κ1) is 12.3. The molecule has 0 amide bonds. The lowest BCUT2D eigenvalue weighted by Crippen LogP contribution is -1.96. The van der Waals surface area contributed by atoms with Crippen LogP contribution in [0.15, 0.2) is 15.7 Å². The van der Waals surface area contributed by atoms with Crippen LogP contribution in [0.2, 0.25) is 5.28 Å². The number of nitrogens with zero attached hydrogens (tertiary/aromatic N) is 2. The number of hydrogen-bond acceptors (Lipinski definition) is 3. The Balaban J connectivity index is 2.62. The minimum atomic E-state index is 0.305. The highest BCUT2D eigenvalue weighted by Gasteiger charge is 2.06. The Morgan fingerprint density at radius 1 is 1.64 bits per heavy atom. The third-order valence-electron chi connectivity index (χ3n) is 1.88. The van der Waals surface area contributed by atoms with Gasteiger partial charge in [0.2, 0.25) is 5.28 Å². The average Bonchev–Trinajstić information content (AvgIpc) is 2.19. The van der Waals surface area contributed by atoms with Crippen molar-refractivity contribution in [2.45, 2.75) is 25.3 Å². The summed E-state index contributed by atoms with van der Waals surface area (Å²) in [7, 11) is 0. The van der Waals surface area contributed by atoms with E-state index in [1.165, 1.54) is 6.42 Å². The van der Waals surface area contributed by atoms with E-state index in [9.17, 15) is 0 Å². The zero-order valence-corrected chi connectivity index (χ0v) is 11.3. The molecule has 14 heavy (non-hydrogen) atoms. The number of halogens is 2. The van der Waals surface area contributed by atoms with Gasteiger partial charge in [-0.1, -0.05) is 20.3 Å². The van der Waals surface area contributed by atoms with Crippen LogP contribution in [-0.4, -0.2) is 15.7 Å². The third-order valence-corrected chi connectivity index (χ3v) is 4.23. The van der Waals surface area contributed by atoms with Crippen molar-refractivity contribution in [2.24, 2.45) is 5.92 Å². The van der Waals surface area contributed by atoms with Gasteiger partial charge in [-0.05, 0) is 33.4 Å². The number of hydrogen-bond donors (Lipinski definition) is 0. The Morgan fingerprint density at radius 3 is 3.00 bits per heavy atom. The van der Waals surface area contributed by atoms with Crippen LogP contribution >= 0.6 is 39.3 Å². The van der Waals surface area contributed by atoms with Crippen molar-refractivity contribution >= 4 is 39.3 Å². The van der Waals surface area contributed by atoms with Crippen molar-refractivity contribution in [3.8, 4) is 0 Å². The quantitative estimate of drug-likeness (QED) is 0.476. The molecule has 0 aliphatic carbocycles. The fourth-order valence-electron chi connectivity index (χ4n) is 0.771. The van der Waals surface area contributed by atoms with Gasteiger partial charge in [-0.25, -0.2) is 9.97 Å². The van der Waals surface area contributed by atoms with Crippen LogP contribution in [0.25, 0.3) is 0 Å². The summed E-state index contributed by atoms with van der Waals surface area (Å²) in [5.41, 5.74) is 0. The highest BCUT2D eigenvalue weighted by Crippen LogP contribution is 2.27. The molecule has 0 saturated heterocycles. The van der Waals surface area contributed by atoms with E-state index in [4.69, 9.17) is 11.6 Å². The summed E-state index contributed by atoms with van der Waals surface area (Å²) in [6, 6.07) is 0. The van der Waals surface area contributed by atoms with Crippen LogP contribution in [0, 0.1) is 5.92 Å². The molecule has 0 fully saturated rings. The van der Waals surface area contributed by atoms with Gasteiger partial charge in [-0.3, -0.25) is 0 Å². The third kappa shape index (κ3) is 3.75. The predicted molar refractivity (Wildman–Crippen MR) is 64.9 cm³/mol. The van der Waals surface area contributed by atoms with Crippen LogP contribution < -0.4 is 0 Å². The molecule has 1 rings (SSSR count). The van der Waals surface area contributed by atoms with E-state index < -0.39 is 0 Å². The Morgan fingerprint density at radius 2 is 2.36 bits per heavy atom. The molecular formula is C9H12BrClN2S. The fraction of sp³-hybridized carbons (Fsp3) is 0.556. The lowest BCUT2D eigenvalue weighted by molar-refractivity contribution is 0.636. The molecule has 1 aromatic heterocycles. The molecule has 0 saturated carbocycles. The number of rotatable bonds is 4. The van der Waals surface area contributed by atoms with Gasteiger partial charge < -0.3 is 0 Å². The summed E-state index contributed by atoms with van der Waals surface area (Å²) in [5.74, 6) is 1.75. The van der Waals surface area contributed by atoms with Crippen molar-refractivity contribution in [1.82, 2.24) is 9.97 Å². The summed E-state index contributed by atoms with van der Waals surface area (Å²) >= 11 is 10.8. The topological polar surface area (TPSA) is 25.8 Å². The molecule has 0 N–H and O–H groups in total. The monoisotopic (exact) mass is 294 g/mol. The normalized spacial score (nSPS) is 12.9. The molecule has 0 spiro atoms. The first-order valence-electron chi connectivity index (χ1n) is 4.44.